The number of nitrogens with zero attached hydrogens (tertiary/aromatic N) is 5. The van der Waals surface area contributed by atoms with Crippen LogP contribution in [-0.2, 0) is 0 Å². The minimum atomic E-state index is -0.133. The highest BCUT2D eigenvalue weighted by Crippen LogP contribution is 2.45. The zero-order valence-corrected chi connectivity index (χ0v) is 22.1. The first-order chi connectivity index (χ1) is 19.5. The van der Waals surface area contributed by atoms with E-state index in [9.17, 15) is 9.59 Å². The van der Waals surface area contributed by atoms with Crippen LogP contribution in [0.1, 0.15) is 64.9 Å². The fourth-order valence-electron chi connectivity index (χ4n) is 6.56. The molecule has 2 aliphatic heterocycles. The number of hydrogen-bond acceptors (Lipinski definition) is 6. The lowest BCUT2D eigenvalue weighted by atomic mass is 9.85. The van der Waals surface area contributed by atoms with Crippen molar-refractivity contribution in [2.75, 3.05) is 5.73 Å². The molecule has 4 aromatic heterocycles. The summed E-state index contributed by atoms with van der Waals surface area (Å²) in [5.41, 5.74) is 12.6. The number of amides is 1. The van der Waals surface area contributed by atoms with Gasteiger partial charge in [0.15, 0.2) is 11.4 Å². The zero-order valence-electron chi connectivity index (χ0n) is 22.1. The standard InChI is InChI=1S/C31H29N7O2/c1-18(39)27-28(22-13-23-8-9-24(14-22)37(23)31(40)21-11-12-33-15-21)36-30-25(17-35-38(30)29(27)32)20-7-10-26(34-16-20)19-5-3-2-4-6-19/h2-7,10-12,15-17,22-24,33H,8-9,13-14,32H2,1H3/t22-,23-,24+. The van der Waals surface area contributed by atoms with Crippen LogP contribution in [0.2, 0.25) is 0 Å². The normalized spacial score (nSPS) is 20.2. The number of aromatic amines is 1. The predicted octanol–water partition coefficient (Wildman–Crippen LogP) is 5.12. The largest absolute Gasteiger partial charge is 0.383 e. The van der Waals surface area contributed by atoms with E-state index in [4.69, 9.17) is 10.7 Å². The Morgan fingerprint density at radius 3 is 2.40 bits per heavy atom. The number of benzene rings is 1. The van der Waals surface area contributed by atoms with Crippen LogP contribution in [0.5, 0.6) is 0 Å². The molecular formula is C31H29N7O2. The average Bonchev–Trinajstić information content (AvgIpc) is 3.71. The van der Waals surface area contributed by atoms with E-state index >= 15 is 0 Å². The molecule has 9 heteroatoms. The van der Waals surface area contributed by atoms with E-state index in [2.05, 4.69) is 15.1 Å². The summed E-state index contributed by atoms with van der Waals surface area (Å²) < 4.78 is 1.56. The summed E-state index contributed by atoms with van der Waals surface area (Å²) in [6.45, 7) is 1.53. The molecular weight excluding hydrogens is 502 g/mol. The second-order valence-corrected chi connectivity index (χ2v) is 10.8. The van der Waals surface area contributed by atoms with Gasteiger partial charge in [-0.3, -0.25) is 14.6 Å². The number of carbonyl (C=O) groups is 2. The molecule has 3 N–H and O–H groups in total. The number of nitrogen functional groups attached to an aromatic ring is 1. The predicted molar refractivity (Wildman–Crippen MR) is 152 cm³/mol. The molecule has 0 radical (unpaired) electrons. The van der Waals surface area contributed by atoms with Crippen LogP contribution in [0.15, 0.2) is 73.3 Å². The second-order valence-electron chi connectivity index (χ2n) is 10.8. The molecule has 2 bridgehead atoms. The quantitative estimate of drug-likeness (QED) is 0.304. The fraction of sp³-hybridized carbons (Fsp3) is 0.258. The van der Waals surface area contributed by atoms with Gasteiger partial charge in [-0.2, -0.15) is 9.61 Å². The van der Waals surface area contributed by atoms with Crippen molar-refractivity contribution in [3.8, 4) is 22.4 Å². The van der Waals surface area contributed by atoms with Gasteiger partial charge in [0.1, 0.15) is 5.82 Å². The van der Waals surface area contributed by atoms with Crippen molar-refractivity contribution in [1.29, 1.82) is 0 Å². The first-order valence-corrected chi connectivity index (χ1v) is 13.6. The third-order valence-electron chi connectivity index (χ3n) is 8.41. The summed E-state index contributed by atoms with van der Waals surface area (Å²) in [5.74, 6) is 0.239. The number of anilines is 1. The van der Waals surface area contributed by atoms with Crippen molar-refractivity contribution in [2.45, 2.75) is 50.6 Å². The van der Waals surface area contributed by atoms with Crippen LogP contribution >= 0.6 is 0 Å². The Labute approximate surface area is 231 Å². The van der Waals surface area contributed by atoms with Crippen molar-refractivity contribution in [3.05, 3.63) is 90.1 Å². The van der Waals surface area contributed by atoms with Crippen molar-refractivity contribution in [1.82, 2.24) is 29.5 Å². The minimum Gasteiger partial charge on any atom is -0.383 e. The number of piperidine rings is 1. The number of fused-ring (bicyclic) bond motifs is 3. The molecule has 7 rings (SSSR count). The Kier molecular flexibility index (Phi) is 5.73. The molecule has 0 unspecified atom stereocenters. The second kappa shape index (κ2) is 9.44. The van der Waals surface area contributed by atoms with Gasteiger partial charge in [0, 0.05) is 53.3 Å². The number of carbonyl (C=O) groups excluding carboxylic acids is 2. The summed E-state index contributed by atoms with van der Waals surface area (Å²) >= 11 is 0. The molecule has 0 aliphatic carbocycles. The SMILES string of the molecule is CC(=O)c1c([C@@H]2C[C@H]3CC[C@@H](C2)N3C(=O)c2cc[nH]c2)nc2c(-c3ccc(-c4ccccc4)nc3)cnn2c1N. The lowest BCUT2D eigenvalue weighted by Gasteiger charge is -2.39. The lowest BCUT2D eigenvalue weighted by molar-refractivity contribution is 0.0568. The number of rotatable bonds is 5. The molecule has 2 saturated heterocycles. The van der Waals surface area contributed by atoms with E-state index in [1.54, 1.807) is 23.1 Å². The van der Waals surface area contributed by atoms with Gasteiger partial charge in [-0.1, -0.05) is 36.4 Å². The molecule has 6 heterocycles. The zero-order chi connectivity index (χ0) is 27.4. The van der Waals surface area contributed by atoms with E-state index in [1.165, 1.54) is 6.92 Å². The number of H-pyrrole nitrogens is 1. The summed E-state index contributed by atoms with van der Waals surface area (Å²) in [4.78, 5) is 40.9. The Hall–Kier alpha value is -4.79. The van der Waals surface area contributed by atoms with Crippen LogP contribution in [0.4, 0.5) is 5.82 Å². The maximum absolute atomic E-state index is 13.2. The molecule has 5 aromatic rings. The number of pyridine rings is 1. The van der Waals surface area contributed by atoms with Crippen molar-refractivity contribution in [2.24, 2.45) is 0 Å². The number of ketones is 1. The number of aromatic nitrogens is 5. The van der Waals surface area contributed by atoms with E-state index in [1.807, 2.05) is 59.6 Å². The number of nitrogens with two attached hydrogens (primary N) is 1. The van der Waals surface area contributed by atoms with Gasteiger partial charge in [0.05, 0.1) is 28.7 Å². The summed E-state index contributed by atoms with van der Waals surface area (Å²) in [5, 5.41) is 4.50. The first kappa shape index (κ1) is 24.3. The maximum Gasteiger partial charge on any atom is 0.255 e. The summed E-state index contributed by atoms with van der Waals surface area (Å²) in [6, 6.07) is 16.0. The molecule has 2 fully saturated rings. The van der Waals surface area contributed by atoms with Gasteiger partial charge in [-0.05, 0) is 44.7 Å². The van der Waals surface area contributed by atoms with Crippen LogP contribution in [-0.4, -0.2) is 53.2 Å². The Morgan fingerprint density at radius 1 is 0.975 bits per heavy atom. The van der Waals surface area contributed by atoms with E-state index < -0.39 is 0 Å². The van der Waals surface area contributed by atoms with Crippen LogP contribution in [0, 0.1) is 0 Å². The Bertz CT molecular complexity index is 1710. The number of hydrogen-bond donors (Lipinski definition) is 2. The Balaban J connectivity index is 1.26. The average molecular weight is 532 g/mol. The van der Waals surface area contributed by atoms with E-state index in [0.717, 1.165) is 48.1 Å². The van der Waals surface area contributed by atoms with Crippen LogP contribution in [0.3, 0.4) is 0 Å². The number of Topliss-reactive ketones (excluding diaryl/α,β-unsaturated/α-hetero) is 1. The van der Waals surface area contributed by atoms with Crippen LogP contribution < -0.4 is 5.73 Å². The lowest BCUT2D eigenvalue weighted by Crippen LogP contribution is -2.46. The highest BCUT2D eigenvalue weighted by Gasteiger charge is 2.45. The van der Waals surface area contributed by atoms with Crippen molar-refractivity contribution >= 4 is 23.2 Å². The molecule has 40 heavy (non-hydrogen) atoms. The van der Waals surface area contributed by atoms with E-state index in [0.29, 0.717) is 28.3 Å². The highest BCUT2D eigenvalue weighted by atomic mass is 16.2. The fourth-order valence-corrected chi connectivity index (χ4v) is 6.56. The molecule has 1 amide bonds. The third kappa shape index (κ3) is 3.88. The summed E-state index contributed by atoms with van der Waals surface area (Å²) in [6.07, 6.45) is 10.5. The maximum atomic E-state index is 13.2. The molecule has 9 nitrogen and oxygen atoms in total. The summed E-state index contributed by atoms with van der Waals surface area (Å²) in [7, 11) is 0. The molecule has 3 atom stereocenters. The molecule has 0 spiro atoms. The molecule has 1 aromatic carbocycles. The Morgan fingerprint density at radius 2 is 1.75 bits per heavy atom. The first-order valence-electron chi connectivity index (χ1n) is 13.6. The smallest absolute Gasteiger partial charge is 0.255 e. The number of nitrogens with one attached hydrogen (secondary N) is 1. The van der Waals surface area contributed by atoms with Gasteiger partial charge in [0.25, 0.3) is 5.91 Å². The van der Waals surface area contributed by atoms with Gasteiger partial charge < -0.3 is 15.6 Å². The molecule has 2 aliphatic rings. The third-order valence-corrected chi connectivity index (χ3v) is 8.41. The van der Waals surface area contributed by atoms with E-state index in [-0.39, 0.29) is 29.7 Å². The minimum absolute atomic E-state index is 0.0142. The highest BCUT2D eigenvalue weighted by molar-refractivity contribution is 6.00. The van der Waals surface area contributed by atoms with Gasteiger partial charge in [-0.15, -0.1) is 0 Å². The molecule has 200 valence electrons. The van der Waals surface area contributed by atoms with Crippen molar-refractivity contribution < 1.29 is 9.59 Å². The van der Waals surface area contributed by atoms with Gasteiger partial charge in [0.2, 0.25) is 0 Å². The van der Waals surface area contributed by atoms with Gasteiger partial charge >= 0.3 is 0 Å². The molecule has 0 saturated carbocycles. The topological polar surface area (TPSA) is 122 Å². The van der Waals surface area contributed by atoms with Crippen molar-refractivity contribution in [3.63, 3.8) is 0 Å². The van der Waals surface area contributed by atoms with Gasteiger partial charge in [-0.25, -0.2) is 4.98 Å². The monoisotopic (exact) mass is 531 g/mol. The van der Waals surface area contributed by atoms with Crippen LogP contribution in [0.25, 0.3) is 28.0 Å².